The predicted octanol–water partition coefficient (Wildman–Crippen LogP) is 3.58. The molecular weight excluding hydrogens is 320 g/mol. The maximum atomic E-state index is 4.73. The van der Waals surface area contributed by atoms with E-state index < -0.39 is 0 Å². The first-order chi connectivity index (χ1) is 11.8. The molecule has 0 unspecified atom stereocenters. The van der Waals surface area contributed by atoms with Crippen LogP contribution in [0.4, 0.5) is 5.82 Å². The van der Waals surface area contributed by atoms with Gasteiger partial charge in [-0.2, -0.15) is 0 Å². The first-order valence-electron chi connectivity index (χ1n) is 7.76. The Balaban J connectivity index is 1.73. The number of thiophene rings is 1. The molecule has 0 saturated heterocycles. The number of aryl methyl sites for hydroxylation is 1. The van der Waals surface area contributed by atoms with E-state index in [0.717, 1.165) is 39.8 Å². The van der Waals surface area contributed by atoms with Crippen molar-refractivity contribution in [2.45, 2.75) is 20.0 Å². The summed E-state index contributed by atoms with van der Waals surface area (Å²) in [7, 11) is 0. The third kappa shape index (κ3) is 2.74. The fourth-order valence-electron chi connectivity index (χ4n) is 2.57. The maximum absolute atomic E-state index is 4.73. The topological polar surface area (TPSA) is 68.5 Å². The second kappa shape index (κ2) is 6.37. The highest BCUT2D eigenvalue weighted by Gasteiger charge is 2.11. The minimum atomic E-state index is 0.568. The van der Waals surface area contributed by atoms with Gasteiger partial charge < -0.3 is 9.88 Å². The quantitative estimate of drug-likeness (QED) is 0.603. The molecule has 120 valence electrons. The van der Waals surface area contributed by atoms with E-state index in [1.165, 1.54) is 0 Å². The van der Waals surface area contributed by atoms with Crippen LogP contribution in [0.15, 0.2) is 48.1 Å². The Morgan fingerprint density at radius 2 is 2.04 bits per heavy atom. The van der Waals surface area contributed by atoms with Crippen LogP contribution in [-0.2, 0) is 13.1 Å². The molecule has 1 aromatic carbocycles. The fraction of sp³-hybridized carbons (Fsp3) is 0.176. The summed E-state index contributed by atoms with van der Waals surface area (Å²) in [6.45, 7) is 3.48. The molecule has 0 aliphatic carbocycles. The molecule has 0 fully saturated rings. The highest BCUT2D eigenvalue weighted by molar-refractivity contribution is 7.13. The zero-order chi connectivity index (χ0) is 16.4. The Kier molecular flexibility index (Phi) is 3.92. The third-order valence-electron chi connectivity index (χ3n) is 3.80. The Labute approximate surface area is 143 Å². The number of benzene rings is 1. The van der Waals surface area contributed by atoms with E-state index >= 15 is 0 Å². The van der Waals surface area contributed by atoms with Crippen molar-refractivity contribution in [1.29, 1.82) is 0 Å². The molecule has 0 aliphatic heterocycles. The summed E-state index contributed by atoms with van der Waals surface area (Å²) in [6.07, 6.45) is 1.74. The van der Waals surface area contributed by atoms with Crippen LogP contribution in [0, 0.1) is 0 Å². The van der Waals surface area contributed by atoms with Gasteiger partial charge in [-0.05, 0) is 30.5 Å². The van der Waals surface area contributed by atoms with Crippen molar-refractivity contribution in [1.82, 2.24) is 24.7 Å². The number of rotatable bonds is 5. The summed E-state index contributed by atoms with van der Waals surface area (Å²) in [4.78, 5) is 10.5. The Morgan fingerprint density at radius 1 is 1.12 bits per heavy atom. The molecule has 0 aliphatic rings. The maximum Gasteiger partial charge on any atom is 0.172 e. The van der Waals surface area contributed by atoms with Gasteiger partial charge in [-0.15, -0.1) is 21.5 Å². The summed E-state index contributed by atoms with van der Waals surface area (Å²) < 4.78 is 2.01. The largest absolute Gasteiger partial charge is 0.362 e. The SMILES string of the molecule is CCn1cnnc1CNc1nc(-c2cccs2)nc2ccccc12. The van der Waals surface area contributed by atoms with Crippen molar-refractivity contribution in [3.63, 3.8) is 0 Å². The number of nitrogens with zero attached hydrogens (tertiary/aromatic N) is 5. The highest BCUT2D eigenvalue weighted by atomic mass is 32.1. The molecule has 4 aromatic rings. The Morgan fingerprint density at radius 3 is 2.88 bits per heavy atom. The zero-order valence-corrected chi connectivity index (χ0v) is 14.0. The van der Waals surface area contributed by atoms with Gasteiger partial charge in [0.2, 0.25) is 0 Å². The van der Waals surface area contributed by atoms with Crippen molar-refractivity contribution in [2.24, 2.45) is 0 Å². The number of fused-ring (bicyclic) bond motifs is 1. The fourth-order valence-corrected chi connectivity index (χ4v) is 3.23. The molecule has 6 nitrogen and oxygen atoms in total. The van der Waals surface area contributed by atoms with Crippen molar-refractivity contribution >= 4 is 28.1 Å². The molecule has 4 rings (SSSR count). The van der Waals surface area contributed by atoms with Gasteiger partial charge in [-0.1, -0.05) is 18.2 Å². The molecule has 0 amide bonds. The molecule has 0 atom stereocenters. The van der Waals surface area contributed by atoms with Gasteiger partial charge in [0, 0.05) is 11.9 Å². The van der Waals surface area contributed by atoms with Gasteiger partial charge in [0.1, 0.15) is 12.1 Å². The molecule has 3 heterocycles. The smallest absolute Gasteiger partial charge is 0.172 e. The predicted molar refractivity (Wildman–Crippen MR) is 95.9 cm³/mol. The normalized spacial score (nSPS) is 11.0. The van der Waals surface area contributed by atoms with Gasteiger partial charge in [0.05, 0.1) is 16.9 Å². The van der Waals surface area contributed by atoms with Gasteiger partial charge >= 0.3 is 0 Å². The van der Waals surface area contributed by atoms with Crippen LogP contribution < -0.4 is 5.32 Å². The van der Waals surface area contributed by atoms with Crippen LogP contribution in [0.5, 0.6) is 0 Å². The lowest BCUT2D eigenvalue weighted by Crippen LogP contribution is -2.09. The number of para-hydroxylation sites is 1. The van der Waals surface area contributed by atoms with E-state index in [4.69, 9.17) is 4.98 Å². The summed E-state index contributed by atoms with van der Waals surface area (Å²) in [5, 5.41) is 14.6. The first-order valence-corrected chi connectivity index (χ1v) is 8.64. The van der Waals surface area contributed by atoms with E-state index in [9.17, 15) is 0 Å². The van der Waals surface area contributed by atoms with Crippen LogP contribution in [0.2, 0.25) is 0 Å². The molecular formula is C17H16N6S. The monoisotopic (exact) mass is 336 g/mol. The van der Waals surface area contributed by atoms with Gasteiger partial charge in [-0.3, -0.25) is 0 Å². The lowest BCUT2D eigenvalue weighted by molar-refractivity contribution is 0.707. The summed E-state index contributed by atoms with van der Waals surface area (Å²) >= 11 is 1.64. The van der Waals surface area contributed by atoms with Crippen LogP contribution in [0.25, 0.3) is 21.6 Å². The molecule has 1 N–H and O–H groups in total. The average molecular weight is 336 g/mol. The number of nitrogens with one attached hydrogen (secondary N) is 1. The lowest BCUT2D eigenvalue weighted by atomic mass is 10.2. The minimum Gasteiger partial charge on any atom is -0.362 e. The number of anilines is 1. The Bertz CT molecular complexity index is 960. The molecule has 7 heteroatoms. The molecule has 0 saturated carbocycles. The highest BCUT2D eigenvalue weighted by Crippen LogP contribution is 2.27. The number of hydrogen-bond donors (Lipinski definition) is 1. The summed E-state index contributed by atoms with van der Waals surface area (Å²) in [5.41, 5.74) is 0.926. The Hall–Kier alpha value is -2.80. The molecule has 0 spiro atoms. The first kappa shape index (κ1) is 14.8. The van der Waals surface area contributed by atoms with E-state index in [0.29, 0.717) is 6.54 Å². The standard InChI is InChI=1S/C17H16N6S/c1-2-23-11-19-22-15(23)10-18-16-12-6-3-4-7-13(12)20-17(21-16)14-8-5-9-24-14/h3-9,11H,2,10H2,1H3,(H,18,20,21). The van der Waals surface area contributed by atoms with Crippen molar-refractivity contribution < 1.29 is 0 Å². The van der Waals surface area contributed by atoms with E-state index in [1.54, 1.807) is 17.7 Å². The van der Waals surface area contributed by atoms with E-state index in [1.807, 2.05) is 46.3 Å². The lowest BCUT2D eigenvalue weighted by Gasteiger charge is -2.10. The van der Waals surface area contributed by atoms with Gasteiger partial charge in [0.15, 0.2) is 11.6 Å². The summed E-state index contributed by atoms with van der Waals surface area (Å²) in [5.74, 6) is 2.44. The van der Waals surface area contributed by atoms with Gasteiger partial charge in [0.25, 0.3) is 0 Å². The zero-order valence-electron chi connectivity index (χ0n) is 13.2. The second-order valence-electron chi connectivity index (χ2n) is 5.28. The average Bonchev–Trinajstić information content (AvgIpc) is 3.30. The third-order valence-corrected chi connectivity index (χ3v) is 4.66. The second-order valence-corrected chi connectivity index (χ2v) is 6.22. The van der Waals surface area contributed by atoms with Gasteiger partial charge in [-0.25, -0.2) is 9.97 Å². The molecule has 0 radical (unpaired) electrons. The number of aromatic nitrogens is 5. The van der Waals surface area contributed by atoms with Crippen LogP contribution in [-0.4, -0.2) is 24.7 Å². The molecule has 24 heavy (non-hydrogen) atoms. The summed E-state index contributed by atoms with van der Waals surface area (Å²) in [6, 6.07) is 12.1. The number of hydrogen-bond acceptors (Lipinski definition) is 6. The van der Waals surface area contributed by atoms with Crippen LogP contribution in [0.1, 0.15) is 12.7 Å². The van der Waals surface area contributed by atoms with Crippen molar-refractivity contribution in [3.05, 3.63) is 53.9 Å². The molecule has 3 aromatic heterocycles. The van der Waals surface area contributed by atoms with Crippen molar-refractivity contribution in [2.75, 3.05) is 5.32 Å². The van der Waals surface area contributed by atoms with E-state index in [2.05, 4.69) is 27.4 Å². The minimum absolute atomic E-state index is 0.568. The van der Waals surface area contributed by atoms with Crippen LogP contribution >= 0.6 is 11.3 Å². The molecule has 0 bridgehead atoms. The van der Waals surface area contributed by atoms with E-state index in [-0.39, 0.29) is 0 Å². The van der Waals surface area contributed by atoms with Crippen LogP contribution in [0.3, 0.4) is 0 Å². The van der Waals surface area contributed by atoms with Crippen molar-refractivity contribution in [3.8, 4) is 10.7 Å².